The molecule has 0 aliphatic rings. The number of benzene rings is 2. The van der Waals surface area contributed by atoms with Crippen molar-refractivity contribution in [2.45, 2.75) is 33.1 Å². The van der Waals surface area contributed by atoms with Gasteiger partial charge < -0.3 is 9.64 Å². The number of allylic oxidation sites excluding steroid dienone is 4. The summed E-state index contributed by atoms with van der Waals surface area (Å²) < 4.78 is 5.74. The summed E-state index contributed by atoms with van der Waals surface area (Å²) in [6.45, 7) is 7.05. The molecule has 2 aromatic rings. The van der Waals surface area contributed by atoms with E-state index in [1.54, 1.807) is 0 Å². The standard InChI is InChI=1S/C24H31NO/c1-6-9-19(8-3)24(20-10-14-22(15-11-20)25(4)5)21-12-16-23(17-13-21)26-18-7-2/h6,8-17,24H,7,18H2,1-5H3. The molecule has 2 rings (SSSR count). The highest BCUT2D eigenvalue weighted by Gasteiger charge is 2.17. The van der Waals surface area contributed by atoms with Gasteiger partial charge in [-0.1, -0.05) is 49.4 Å². The van der Waals surface area contributed by atoms with Crippen LogP contribution in [0, 0.1) is 0 Å². The van der Waals surface area contributed by atoms with Crippen LogP contribution >= 0.6 is 0 Å². The van der Waals surface area contributed by atoms with Gasteiger partial charge in [0.15, 0.2) is 0 Å². The summed E-state index contributed by atoms with van der Waals surface area (Å²) in [6.07, 6.45) is 7.53. The molecule has 1 unspecified atom stereocenters. The predicted molar refractivity (Wildman–Crippen MR) is 113 cm³/mol. The lowest BCUT2D eigenvalue weighted by molar-refractivity contribution is 0.317. The minimum absolute atomic E-state index is 0.215. The average Bonchev–Trinajstić information content (AvgIpc) is 2.67. The summed E-state index contributed by atoms with van der Waals surface area (Å²) in [7, 11) is 4.14. The zero-order valence-corrected chi connectivity index (χ0v) is 16.7. The third kappa shape index (κ3) is 5.01. The van der Waals surface area contributed by atoms with Gasteiger partial charge in [-0.3, -0.25) is 0 Å². The van der Waals surface area contributed by atoms with E-state index in [0.717, 1.165) is 18.8 Å². The molecule has 0 aliphatic carbocycles. The molecule has 26 heavy (non-hydrogen) atoms. The molecule has 2 nitrogen and oxygen atoms in total. The molecule has 2 aromatic carbocycles. The first-order valence-electron chi connectivity index (χ1n) is 9.39. The van der Waals surface area contributed by atoms with E-state index in [1.165, 1.54) is 22.4 Å². The SMILES string of the molecule is CC=CC(=CC)C(c1ccc(OCCC)cc1)c1ccc(N(C)C)cc1. The Morgan fingerprint density at radius 3 is 2.00 bits per heavy atom. The molecule has 0 saturated carbocycles. The van der Waals surface area contributed by atoms with E-state index in [2.05, 4.69) is 107 Å². The van der Waals surface area contributed by atoms with Gasteiger partial charge in [-0.15, -0.1) is 0 Å². The van der Waals surface area contributed by atoms with Crippen molar-refractivity contribution in [2.75, 3.05) is 25.6 Å². The summed E-state index contributed by atoms with van der Waals surface area (Å²) in [5.41, 5.74) is 5.08. The van der Waals surface area contributed by atoms with E-state index >= 15 is 0 Å². The van der Waals surface area contributed by atoms with E-state index in [-0.39, 0.29) is 5.92 Å². The lowest BCUT2D eigenvalue weighted by Gasteiger charge is -2.21. The molecule has 0 bridgehead atoms. The van der Waals surface area contributed by atoms with Crippen molar-refractivity contribution in [3.05, 3.63) is 83.5 Å². The highest BCUT2D eigenvalue weighted by atomic mass is 16.5. The molecule has 0 N–H and O–H groups in total. The van der Waals surface area contributed by atoms with Crippen LogP contribution in [0.5, 0.6) is 5.75 Å². The zero-order valence-electron chi connectivity index (χ0n) is 16.7. The monoisotopic (exact) mass is 349 g/mol. The van der Waals surface area contributed by atoms with Crippen molar-refractivity contribution in [2.24, 2.45) is 0 Å². The number of nitrogens with zero attached hydrogens (tertiary/aromatic N) is 1. The summed E-state index contributed by atoms with van der Waals surface area (Å²) >= 11 is 0. The number of rotatable bonds is 8. The molecule has 0 spiro atoms. The van der Waals surface area contributed by atoms with E-state index in [4.69, 9.17) is 4.74 Å². The van der Waals surface area contributed by atoms with Crippen LogP contribution in [0.2, 0.25) is 0 Å². The maximum atomic E-state index is 5.74. The summed E-state index contributed by atoms with van der Waals surface area (Å²) in [5, 5.41) is 0. The van der Waals surface area contributed by atoms with Gasteiger partial charge in [0.1, 0.15) is 5.75 Å². The normalized spacial score (nSPS) is 13.0. The molecule has 0 heterocycles. The van der Waals surface area contributed by atoms with Crippen molar-refractivity contribution in [3.8, 4) is 5.75 Å². The van der Waals surface area contributed by atoms with Crippen molar-refractivity contribution < 1.29 is 4.74 Å². The molecule has 0 radical (unpaired) electrons. The molecule has 1 atom stereocenters. The van der Waals surface area contributed by atoms with Crippen LogP contribution in [0.25, 0.3) is 0 Å². The van der Waals surface area contributed by atoms with E-state index in [0.29, 0.717) is 0 Å². The van der Waals surface area contributed by atoms with Crippen LogP contribution in [-0.2, 0) is 0 Å². The third-order valence-electron chi connectivity index (χ3n) is 4.45. The van der Waals surface area contributed by atoms with Gasteiger partial charge in [0.25, 0.3) is 0 Å². The molecule has 138 valence electrons. The largest absolute Gasteiger partial charge is 0.494 e. The lowest BCUT2D eigenvalue weighted by atomic mass is 9.84. The van der Waals surface area contributed by atoms with Gasteiger partial charge in [0.05, 0.1) is 6.61 Å². The van der Waals surface area contributed by atoms with Gasteiger partial charge in [-0.25, -0.2) is 0 Å². The molecule has 0 aliphatic heterocycles. The fourth-order valence-corrected chi connectivity index (χ4v) is 3.07. The summed E-state index contributed by atoms with van der Waals surface area (Å²) in [5.74, 6) is 1.15. The van der Waals surface area contributed by atoms with Crippen molar-refractivity contribution in [3.63, 3.8) is 0 Å². The van der Waals surface area contributed by atoms with Crippen molar-refractivity contribution in [1.29, 1.82) is 0 Å². The van der Waals surface area contributed by atoms with Crippen LogP contribution in [-0.4, -0.2) is 20.7 Å². The molecule has 0 amide bonds. The Labute approximate surface area is 158 Å². The van der Waals surface area contributed by atoms with Gasteiger partial charge >= 0.3 is 0 Å². The Kier molecular flexibility index (Phi) is 7.53. The Morgan fingerprint density at radius 1 is 0.962 bits per heavy atom. The number of anilines is 1. The second-order valence-corrected chi connectivity index (χ2v) is 6.63. The Morgan fingerprint density at radius 2 is 1.54 bits per heavy atom. The van der Waals surface area contributed by atoms with Gasteiger partial charge in [-0.2, -0.15) is 0 Å². The van der Waals surface area contributed by atoms with Crippen LogP contribution in [0.3, 0.4) is 0 Å². The maximum absolute atomic E-state index is 5.74. The number of hydrogen-bond donors (Lipinski definition) is 0. The number of hydrogen-bond acceptors (Lipinski definition) is 2. The van der Waals surface area contributed by atoms with Crippen LogP contribution in [0.15, 0.2) is 72.3 Å². The smallest absolute Gasteiger partial charge is 0.119 e. The van der Waals surface area contributed by atoms with E-state index in [9.17, 15) is 0 Å². The topological polar surface area (TPSA) is 12.5 Å². The molecule has 0 fully saturated rings. The quantitative estimate of drug-likeness (QED) is 0.526. The minimum atomic E-state index is 0.215. The molecular formula is C24H31NO. The second kappa shape index (κ2) is 9.86. The highest BCUT2D eigenvalue weighted by Crippen LogP contribution is 2.34. The fraction of sp³-hybridized carbons (Fsp3) is 0.333. The molecule has 0 aromatic heterocycles. The van der Waals surface area contributed by atoms with Crippen LogP contribution in [0.4, 0.5) is 5.69 Å². The fourth-order valence-electron chi connectivity index (χ4n) is 3.07. The number of ether oxygens (including phenoxy) is 1. The van der Waals surface area contributed by atoms with Gasteiger partial charge in [0, 0.05) is 25.7 Å². The second-order valence-electron chi connectivity index (χ2n) is 6.63. The Hall–Kier alpha value is -2.48. The third-order valence-corrected chi connectivity index (χ3v) is 4.45. The van der Waals surface area contributed by atoms with Gasteiger partial charge in [0.2, 0.25) is 0 Å². The Balaban J connectivity index is 2.41. The zero-order chi connectivity index (χ0) is 18.9. The molecule has 0 saturated heterocycles. The Bertz CT molecular complexity index is 724. The summed E-state index contributed by atoms with van der Waals surface area (Å²) in [4.78, 5) is 2.13. The van der Waals surface area contributed by atoms with Crippen LogP contribution in [0.1, 0.15) is 44.2 Å². The van der Waals surface area contributed by atoms with Crippen molar-refractivity contribution >= 4 is 5.69 Å². The highest BCUT2D eigenvalue weighted by molar-refractivity contribution is 5.51. The first kappa shape index (κ1) is 19.8. The maximum Gasteiger partial charge on any atom is 0.119 e. The first-order chi connectivity index (χ1) is 12.6. The average molecular weight is 350 g/mol. The molecule has 2 heteroatoms. The van der Waals surface area contributed by atoms with Crippen LogP contribution < -0.4 is 9.64 Å². The lowest BCUT2D eigenvalue weighted by Crippen LogP contribution is -2.09. The van der Waals surface area contributed by atoms with Crippen molar-refractivity contribution in [1.82, 2.24) is 0 Å². The predicted octanol–water partition coefficient (Wildman–Crippen LogP) is 6.20. The minimum Gasteiger partial charge on any atom is -0.494 e. The first-order valence-corrected chi connectivity index (χ1v) is 9.39. The van der Waals surface area contributed by atoms with E-state index in [1.807, 2.05) is 0 Å². The molecular weight excluding hydrogens is 318 g/mol. The van der Waals surface area contributed by atoms with Gasteiger partial charge in [-0.05, 0) is 61.2 Å². The summed E-state index contributed by atoms with van der Waals surface area (Å²) in [6, 6.07) is 17.4. The van der Waals surface area contributed by atoms with E-state index < -0.39 is 0 Å².